The van der Waals surface area contributed by atoms with Gasteiger partial charge < -0.3 is 9.64 Å². The van der Waals surface area contributed by atoms with Gasteiger partial charge in [-0.1, -0.05) is 6.07 Å². The van der Waals surface area contributed by atoms with E-state index in [1.54, 1.807) is 16.2 Å². The summed E-state index contributed by atoms with van der Waals surface area (Å²) < 4.78 is 5.30. The molecule has 1 heterocycles. The van der Waals surface area contributed by atoms with E-state index in [1.165, 1.54) is 4.88 Å². The summed E-state index contributed by atoms with van der Waals surface area (Å²) >= 11 is 1.67. The fraction of sp³-hybridized carbons (Fsp3) is 0.583. The van der Waals surface area contributed by atoms with Crippen molar-refractivity contribution in [3.8, 4) is 0 Å². The zero-order valence-electron chi connectivity index (χ0n) is 10.3. The standard InChI is InChI=1S/C12H19NO2S/c1-9(2)15-8-12(14)13(4)10(3)11-6-5-7-16-11/h5-7,9-10H,8H2,1-4H3. The summed E-state index contributed by atoms with van der Waals surface area (Å²) in [5.41, 5.74) is 0. The summed E-state index contributed by atoms with van der Waals surface area (Å²) in [4.78, 5) is 14.7. The first-order valence-electron chi connectivity index (χ1n) is 5.43. The Hall–Kier alpha value is -0.870. The second-order valence-electron chi connectivity index (χ2n) is 4.06. The van der Waals surface area contributed by atoms with Crippen LogP contribution in [0.4, 0.5) is 0 Å². The van der Waals surface area contributed by atoms with E-state index in [2.05, 4.69) is 0 Å². The summed E-state index contributed by atoms with van der Waals surface area (Å²) in [6.45, 7) is 6.04. The quantitative estimate of drug-likeness (QED) is 0.793. The van der Waals surface area contributed by atoms with Crippen molar-refractivity contribution < 1.29 is 9.53 Å². The number of carbonyl (C=O) groups excluding carboxylic acids is 1. The van der Waals surface area contributed by atoms with Crippen LogP contribution >= 0.6 is 11.3 Å². The highest BCUT2D eigenvalue weighted by molar-refractivity contribution is 7.10. The van der Waals surface area contributed by atoms with Crippen molar-refractivity contribution in [2.45, 2.75) is 32.9 Å². The molecule has 0 bridgehead atoms. The minimum atomic E-state index is 0.0228. The van der Waals surface area contributed by atoms with E-state index < -0.39 is 0 Å². The first-order chi connectivity index (χ1) is 7.52. The van der Waals surface area contributed by atoms with Crippen LogP contribution in [-0.2, 0) is 9.53 Å². The van der Waals surface area contributed by atoms with Crippen molar-refractivity contribution in [2.24, 2.45) is 0 Å². The predicted molar refractivity (Wildman–Crippen MR) is 66.6 cm³/mol. The number of thiophene rings is 1. The van der Waals surface area contributed by atoms with Crippen LogP contribution in [0.15, 0.2) is 17.5 Å². The molecule has 3 nitrogen and oxygen atoms in total. The van der Waals surface area contributed by atoms with Crippen molar-refractivity contribution in [1.82, 2.24) is 4.90 Å². The van der Waals surface area contributed by atoms with E-state index in [0.29, 0.717) is 0 Å². The first-order valence-corrected chi connectivity index (χ1v) is 6.31. The number of hydrogen-bond acceptors (Lipinski definition) is 3. The van der Waals surface area contributed by atoms with Crippen LogP contribution in [0.25, 0.3) is 0 Å². The molecule has 1 atom stereocenters. The van der Waals surface area contributed by atoms with Gasteiger partial charge in [-0.05, 0) is 32.2 Å². The lowest BCUT2D eigenvalue weighted by Gasteiger charge is -2.24. The van der Waals surface area contributed by atoms with Crippen LogP contribution in [0.1, 0.15) is 31.7 Å². The fourth-order valence-corrected chi connectivity index (χ4v) is 2.10. The molecule has 0 spiro atoms. The molecule has 0 aliphatic rings. The molecule has 1 aromatic heterocycles. The van der Waals surface area contributed by atoms with Crippen LogP contribution in [0.5, 0.6) is 0 Å². The molecular formula is C12H19NO2S. The van der Waals surface area contributed by atoms with Gasteiger partial charge in [0.2, 0.25) is 5.91 Å². The van der Waals surface area contributed by atoms with Gasteiger partial charge in [-0.3, -0.25) is 4.79 Å². The number of rotatable bonds is 5. The first kappa shape index (κ1) is 13.2. The van der Waals surface area contributed by atoms with Gasteiger partial charge >= 0.3 is 0 Å². The molecular weight excluding hydrogens is 222 g/mol. The summed E-state index contributed by atoms with van der Waals surface area (Å²) in [6, 6.07) is 4.16. The normalized spacial score (nSPS) is 12.8. The van der Waals surface area contributed by atoms with Crippen molar-refractivity contribution in [2.75, 3.05) is 13.7 Å². The highest BCUT2D eigenvalue weighted by Gasteiger charge is 2.18. The van der Waals surface area contributed by atoms with Crippen LogP contribution in [0, 0.1) is 0 Å². The molecule has 0 aliphatic heterocycles. The zero-order valence-corrected chi connectivity index (χ0v) is 11.1. The molecule has 0 N–H and O–H groups in total. The van der Waals surface area contributed by atoms with Gasteiger partial charge in [0, 0.05) is 11.9 Å². The van der Waals surface area contributed by atoms with Gasteiger partial charge in [-0.25, -0.2) is 0 Å². The third-order valence-corrected chi connectivity index (χ3v) is 3.51. The highest BCUT2D eigenvalue weighted by atomic mass is 32.1. The van der Waals surface area contributed by atoms with Gasteiger partial charge in [0.25, 0.3) is 0 Å². The Morgan fingerprint density at radius 3 is 2.69 bits per heavy atom. The third-order valence-electron chi connectivity index (χ3n) is 2.47. The minimum Gasteiger partial charge on any atom is -0.369 e. The van der Waals surface area contributed by atoms with Crippen molar-refractivity contribution in [3.63, 3.8) is 0 Å². The lowest BCUT2D eigenvalue weighted by molar-refractivity contribution is -0.138. The number of nitrogens with zero attached hydrogens (tertiary/aromatic N) is 1. The smallest absolute Gasteiger partial charge is 0.248 e. The maximum absolute atomic E-state index is 11.8. The molecule has 1 rings (SSSR count). The molecule has 0 saturated carbocycles. The van der Waals surface area contributed by atoms with Gasteiger partial charge in [0.1, 0.15) is 6.61 Å². The molecule has 4 heteroatoms. The predicted octanol–water partition coefficient (Wildman–Crippen LogP) is 2.69. The van der Waals surface area contributed by atoms with Gasteiger partial charge in [0.05, 0.1) is 12.1 Å². The van der Waals surface area contributed by atoms with E-state index >= 15 is 0 Å². The Balaban J connectivity index is 2.50. The van der Waals surface area contributed by atoms with Crippen LogP contribution < -0.4 is 0 Å². The number of carbonyl (C=O) groups is 1. The van der Waals surface area contributed by atoms with E-state index in [9.17, 15) is 4.79 Å². The van der Waals surface area contributed by atoms with E-state index in [0.717, 1.165) is 0 Å². The summed E-state index contributed by atoms with van der Waals surface area (Å²) in [5, 5.41) is 2.02. The largest absolute Gasteiger partial charge is 0.369 e. The topological polar surface area (TPSA) is 29.5 Å². The molecule has 0 fully saturated rings. The summed E-state index contributed by atoms with van der Waals surface area (Å²) in [5.74, 6) is 0.0228. The average molecular weight is 241 g/mol. The monoisotopic (exact) mass is 241 g/mol. The molecule has 16 heavy (non-hydrogen) atoms. The second-order valence-corrected chi connectivity index (χ2v) is 5.04. The molecule has 1 aromatic rings. The summed E-state index contributed by atoms with van der Waals surface area (Å²) in [7, 11) is 1.82. The zero-order chi connectivity index (χ0) is 12.1. The lowest BCUT2D eigenvalue weighted by atomic mass is 10.2. The van der Waals surface area contributed by atoms with Crippen LogP contribution in [-0.4, -0.2) is 30.6 Å². The molecule has 90 valence electrons. The highest BCUT2D eigenvalue weighted by Crippen LogP contribution is 2.23. The SMILES string of the molecule is CC(C)OCC(=O)N(C)C(C)c1cccs1. The molecule has 0 aliphatic carbocycles. The van der Waals surface area contributed by atoms with Gasteiger partial charge in [-0.15, -0.1) is 11.3 Å². The Labute approximate surface area is 101 Å². The Kier molecular flexibility index (Phi) is 4.96. The molecule has 1 amide bonds. The van der Waals surface area contributed by atoms with E-state index in [4.69, 9.17) is 4.74 Å². The van der Waals surface area contributed by atoms with E-state index in [1.807, 2.05) is 45.3 Å². The average Bonchev–Trinajstić information content (AvgIpc) is 2.77. The third kappa shape index (κ3) is 3.61. The van der Waals surface area contributed by atoms with Crippen LogP contribution in [0.3, 0.4) is 0 Å². The van der Waals surface area contributed by atoms with Crippen molar-refractivity contribution >= 4 is 17.2 Å². The molecule has 0 saturated heterocycles. The van der Waals surface area contributed by atoms with Crippen molar-refractivity contribution in [3.05, 3.63) is 22.4 Å². The van der Waals surface area contributed by atoms with E-state index in [-0.39, 0.29) is 24.7 Å². The second kappa shape index (κ2) is 6.01. The molecule has 0 aromatic carbocycles. The maximum Gasteiger partial charge on any atom is 0.248 e. The number of hydrogen-bond donors (Lipinski definition) is 0. The molecule has 0 radical (unpaired) electrons. The summed E-state index contributed by atoms with van der Waals surface area (Å²) in [6.07, 6.45) is 0.0920. The Morgan fingerprint density at radius 1 is 1.50 bits per heavy atom. The number of likely N-dealkylation sites (N-methyl/N-ethyl adjacent to an activating group) is 1. The molecule has 1 unspecified atom stereocenters. The Morgan fingerprint density at radius 2 is 2.19 bits per heavy atom. The van der Waals surface area contributed by atoms with Gasteiger partial charge in [-0.2, -0.15) is 0 Å². The van der Waals surface area contributed by atoms with Crippen LogP contribution in [0.2, 0.25) is 0 Å². The Bertz CT molecular complexity index is 322. The number of ether oxygens (including phenoxy) is 1. The van der Waals surface area contributed by atoms with Crippen molar-refractivity contribution in [1.29, 1.82) is 0 Å². The fourth-order valence-electron chi connectivity index (χ4n) is 1.28. The van der Waals surface area contributed by atoms with Gasteiger partial charge in [0.15, 0.2) is 0 Å². The maximum atomic E-state index is 11.8. The minimum absolute atomic E-state index is 0.0228. The number of amides is 1. The lowest BCUT2D eigenvalue weighted by Crippen LogP contribution is -2.33.